The lowest BCUT2D eigenvalue weighted by Gasteiger charge is -2.39. The van der Waals surface area contributed by atoms with E-state index in [2.05, 4.69) is 31.9 Å². The molecule has 6 amide bonds. The zero-order chi connectivity index (χ0) is 62.9. The number of hydrogen-bond acceptors (Lipinski definition) is 18. The highest BCUT2D eigenvalue weighted by molar-refractivity contribution is 6.32. The van der Waals surface area contributed by atoms with Gasteiger partial charge in [0.1, 0.15) is 60.5 Å². The van der Waals surface area contributed by atoms with E-state index >= 15 is 0 Å². The van der Waals surface area contributed by atoms with Crippen LogP contribution in [0.3, 0.4) is 0 Å². The molecule has 2 aromatic carbocycles. The number of carboxylic acid groups (broad SMARTS) is 1. The van der Waals surface area contributed by atoms with Crippen LogP contribution in [-0.4, -0.2) is 168 Å². The smallest absolute Gasteiger partial charge is 0.347 e. The van der Waals surface area contributed by atoms with Gasteiger partial charge in [0.05, 0.1) is 23.7 Å². The van der Waals surface area contributed by atoms with Crippen molar-refractivity contribution in [3.8, 4) is 5.75 Å². The minimum absolute atomic E-state index is 0.0312. The maximum atomic E-state index is 14.0. The predicted octanol–water partition coefficient (Wildman–Crippen LogP) is 1.97. The zero-order valence-corrected chi connectivity index (χ0v) is 50.2. The zero-order valence-electron chi connectivity index (χ0n) is 49.4. The Morgan fingerprint density at radius 1 is 0.824 bits per heavy atom. The van der Waals surface area contributed by atoms with Gasteiger partial charge < -0.3 is 80.7 Å². The number of esters is 2. The van der Waals surface area contributed by atoms with Crippen LogP contribution < -0.4 is 36.6 Å². The topological polar surface area (TPSA) is 365 Å². The van der Waals surface area contributed by atoms with Crippen molar-refractivity contribution < 1.29 is 92.0 Å². The second kappa shape index (κ2) is 32.1. The van der Waals surface area contributed by atoms with Crippen molar-refractivity contribution in [1.82, 2.24) is 31.9 Å². The first kappa shape index (κ1) is 69.0. The van der Waals surface area contributed by atoms with Crippen molar-refractivity contribution >= 4 is 65.0 Å². The Kier molecular flexibility index (Phi) is 26.1. The molecule has 470 valence electrons. The van der Waals surface area contributed by atoms with E-state index in [9.17, 15) is 58.5 Å². The summed E-state index contributed by atoms with van der Waals surface area (Å²) in [7, 11) is 2.70. The van der Waals surface area contributed by atoms with Crippen LogP contribution in [0.1, 0.15) is 116 Å². The van der Waals surface area contributed by atoms with E-state index in [0.717, 1.165) is 5.56 Å². The molecule has 5 rings (SSSR count). The number of carbonyl (C=O) groups is 9. The molecule has 0 radical (unpaired) electrons. The fourth-order valence-corrected chi connectivity index (χ4v) is 9.81. The van der Waals surface area contributed by atoms with E-state index in [1.807, 2.05) is 20.8 Å². The summed E-state index contributed by atoms with van der Waals surface area (Å²) in [6, 6.07) is 8.51. The Hall–Kier alpha value is -6.74. The number of carboxylic acids is 1. The third kappa shape index (κ3) is 20.7. The van der Waals surface area contributed by atoms with Crippen LogP contribution in [0.2, 0.25) is 5.02 Å². The third-order valence-electron chi connectivity index (χ3n) is 14.8. The van der Waals surface area contributed by atoms with E-state index in [-0.39, 0.29) is 76.9 Å². The Balaban J connectivity index is 1.28. The Morgan fingerprint density at radius 3 is 2.15 bits per heavy atom. The van der Waals surface area contributed by atoms with Crippen molar-refractivity contribution in [2.75, 3.05) is 27.3 Å². The van der Waals surface area contributed by atoms with Crippen molar-refractivity contribution in [2.45, 2.75) is 180 Å². The van der Waals surface area contributed by atoms with E-state index in [1.54, 1.807) is 70.2 Å². The van der Waals surface area contributed by atoms with Gasteiger partial charge in [0.15, 0.2) is 12.4 Å². The molecule has 0 spiro atoms. The minimum atomic E-state index is -1.63. The van der Waals surface area contributed by atoms with Gasteiger partial charge in [-0.1, -0.05) is 82.6 Å². The lowest BCUT2D eigenvalue weighted by atomic mass is 9.92. The maximum absolute atomic E-state index is 14.0. The molecular weight excluding hydrogens is 1130 g/mol. The van der Waals surface area contributed by atoms with Crippen LogP contribution in [-0.2, 0) is 79.8 Å². The second-order valence-corrected chi connectivity index (χ2v) is 23.4. The fraction of sp³-hybridized carbons (Fsp3) is 0.610. The molecule has 3 aliphatic rings. The van der Waals surface area contributed by atoms with Gasteiger partial charge in [-0.05, 0) is 79.8 Å². The number of rotatable bonds is 25. The fourth-order valence-electron chi connectivity index (χ4n) is 9.53. The average molecular weight is 1220 g/mol. The Bertz CT molecular complexity index is 2690. The number of aliphatic carboxylic acids is 1. The average Bonchev–Trinajstić information content (AvgIpc) is 2.77. The number of nitrogens with one attached hydrogen (secondary N) is 6. The van der Waals surface area contributed by atoms with Crippen molar-refractivity contribution in [1.29, 1.82) is 0 Å². The van der Waals surface area contributed by atoms with Crippen molar-refractivity contribution in [2.24, 2.45) is 23.2 Å². The number of hydrogen-bond donors (Lipinski definition) is 10. The molecule has 85 heavy (non-hydrogen) atoms. The monoisotopic (exact) mass is 1210 g/mol. The van der Waals surface area contributed by atoms with E-state index < -0.39 is 144 Å². The molecule has 2 aromatic rings. The van der Waals surface area contributed by atoms with Crippen molar-refractivity contribution in [3.05, 3.63) is 76.3 Å². The summed E-state index contributed by atoms with van der Waals surface area (Å²) in [6.45, 7) is 11.5. The molecule has 25 nitrogen and oxygen atoms in total. The van der Waals surface area contributed by atoms with Gasteiger partial charge in [0, 0.05) is 64.8 Å². The third-order valence-corrected chi connectivity index (χ3v) is 15.1. The van der Waals surface area contributed by atoms with Gasteiger partial charge in [-0.2, -0.15) is 0 Å². The molecule has 0 aliphatic carbocycles. The summed E-state index contributed by atoms with van der Waals surface area (Å²) in [6.07, 6.45) is -8.34. The SMILES string of the molecule is COc1ccc(C[C@H]2NC(=O)/C=C/C[C@@H](C(C)[C@H]3O[C@@H]3c3ccc(CNC(=O)C(CCC(=O)NC[C@H]4O[C@@H](OC)[C@H](O)[C@@H](O)[C@@H]4O)NC(=O)C(NC(=O)CCCC(=O)O)C(C)C)cc3)OC(=O)[C@H](CC(C)C)OC(=O)C(C)(C)CNC2=O)cc1Cl. The highest BCUT2D eigenvalue weighted by Crippen LogP contribution is 2.45. The minimum Gasteiger partial charge on any atom is -0.495 e. The molecule has 0 saturated carbocycles. The van der Waals surface area contributed by atoms with Gasteiger partial charge in [0.2, 0.25) is 35.4 Å². The maximum Gasteiger partial charge on any atom is 0.347 e. The standard InChI is InChI=1S/C59H83ClN6O19/c1-30(2)24-41-56(78)82-39(12-10-13-44(68)64-38(26-34-18-22-40(80-8)36(60)25-34)54(76)63-29-59(6,7)58(79)84-41)32(5)51-52(85-51)35-19-16-33(17-20-35)27-62-53(75)37(65-55(77)47(31(3)4)66-45(69)14-11-15-46(70)71)21-23-43(67)61-28-42-48(72)49(73)50(74)57(81-9)83-42/h10,13,16-20,22,25,30-32,37-39,41-42,47-52,57,72-74H,11-12,14-15,21,23-24,26-29H2,1-9H3,(H,61,67)(H,62,75)(H,63,76)(H,64,68)(H,65,77)(H,66,69)(H,70,71)/b13-10+/t32?,37?,38-,39+,41+,42-,47?,48-,49+,50-,51-,52-,57-/m1/s1. The van der Waals surface area contributed by atoms with Gasteiger partial charge >= 0.3 is 17.9 Å². The first-order valence-corrected chi connectivity index (χ1v) is 28.8. The first-order chi connectivity index (χ1) is 40.1. The molecular formula is C59H83ClN6O19. The lowest BCUT2D eigenvalue weighted by molar-refractivity contribution is -0.288. The van der Waals surface area contributed by atoms with Gasteiger partial charge in [-0.15, -0.1) is 0 Å². The number of amides is 6. The normalized spacial score (nSPS) is 26.1. The number of epoxide rings is 1. The molecule has 10 N–H and O–H groups in total. The highest BCUT2D eigenvalue weighted by atomic mass is 35.5. The molecule has 3 heterocycles. The molecule has 0 aromatic heterocycles. The first-order valence-electron chi connectivity index (χ1n) is 28.4. The molecule has 13 atom stereocenters. The second-order valence-electron chi connectivity index (χ2n) is 23.0. The van der Waals surface area contributed by atoms with Crippen LogP contribution in [0, 0.1) is 23.2 Å². The molecule has 2 saturated heterocycles. The number of aliphatic hydroxyl groups is 3. The number of cyclic esters (lactones) is 2. The summed E-state index contributed by atoms with van der Waals surface area (Å²) in [5.41, 5.74) is 0.681. The van der Waals surface area contributed by atoms with Gasteiger partial charge in [-0.3, -0.25) is 38.4 Å². The van der Waals surface area contributed by atoms with E-state index in [1.165, 1.54) is 26.4 Å². The van der Waals surface area contributed by atoms with Crippen LogP contribution in [0.5, 0.6) is 5.75 Å². The number of halogens is 1. The Morgan fingerprint density at radius 2 is 1.52 bits per heavy atom. The number of ether oxygens (including phenoxy) is 6. The van der Waals surface area contributed by atoms with E-state index in [0.29, 0.717) is 21.9 Å². The van der Waals surface area contributed by atoms with Crippen LogP contribution >= 0.6 is 11.6 Å². The number of methoxy groups -OCH3 is 2. The van der Waals surface area contributed by atoms with E-state index in [4.69, 9.17) is 45.1 Å². The van der Waals surface area contributed by atoms with Gasteiger partial charge in [0.25, 0.3) is 0 Å². The van der Waals surface area contributed by atoms with Gasteiger partial charge in [-0.25, -0.2) is 4.79 Å². The quantitative estimate of drug-likeness (QED) is 0.0502. The molecule has 0 bridgehead atoms. The summed E-state index contributed by atoms with van der Waals surface area (Å²) in [4.78, 5) is 120. The Labute approximate surface area is 499 Å². The summed E-state index contributed by atoms with van der Waals surface area (Å²) >= 11 is 6.38. The van der Waals surface area contributed by atoms with Crippen LogP contribution in [0.15, 0.2) is 54.6 Å². The largest absolute Gasteiger partial charge is 0.495 e. The number of benzene rings is 2. The molecule has 3 unspecified atom stereocenters. The molecule has 2 fully saturated rings. The summed E-state index contributed by atoms with van der Waals surface area (Å²) < 4.78 is 34.0. The molecule has 3 aliphatic heterocycles. The van der Waals surface area contributed by atoms with Crippen LogP contribution in [0.4, 0.5) is 0 Å². The van der Waals surface area contributed by atoms with Crippen molar-refractivity contribution in [3.63, 3.8) is 0 Å². The number of carbonyl (C=O) groups excluding carboxylic acids is 8. The lowest BCUT2D eigenvalue weighted by Crippen LogP contribution is -2.60. The molecule has 26 heteroatoms. The summed E-state index contributed by atoms with van der Waals surface area (Å²) in [5.74, 6) is -7.06. The van der Waals surface area contributed by atoms with Crippen LogP contribution in [0.25, 0.3) is 0 Å². The predicted molar refractivity (Wildman–Crippen MR) is 305 cm³/mol. The highest BCUT2D eigenvalue weighted by Gasteiger charge is 2.48. The number of aliphatic hydroxyl groups excluding tert-OH is 3. The summed E-state index contributed by atoms with van der Waals surface area (Å²) in [5, 5.41) is 56.3.